The zero-order valence-electron chi connectivity index (χ0n) is 8.94. The van der Waals surface area contributed by atoms with Crippen molar-refractivity contribution in [1.29, 1.82) is 5.26 Å². The van der Waals surface area contributed by atoms with E-state index in [-0.39, 0.29) is 18.8 Å². The number of aliphatic carboxylic acids is 1. The second-order valence-electron chi connectivity index (χ2n) is 3.17. The molecule has 0 saturated heterocycles. The predicted octanol–water partition coefficient (Wildman–Crippen LogP) is 1.21. The Morgan fingerprint density at radius 2 is 2.35 bits per heavy atom. The van der Waals surface area contributed by atoms with Gasteiger partial charge in [0.2, 0.25) is 0 Å². The van der Waals surface area contributed by atoms with Crippen LogP contribution in [0.1, 0.15) is 5.56 Å². The average Bonchev–Trinajstić information content (AvgIpc) is 2.29. The maximum absolute atomic E-state index is 12.8. The normalized spacial score (nSPS) is 9.65. The van der Waals surface area contributed by atoms with Gasteiger partial charge in [-0.05, 0) is 18.2 Å². The Labute approximate surface area is 97.4 Å². The number of hydrogen-bond acceptors (Lipinski definition) is 4. The van der Waals surface area contributed by atoms with Crippen LogP contribution in [0.5, 0.6) is 0 Å². The Morgan fingerprint density at radius 1 is 1.59 bits per heavy atom. The van der Waals surface area contributed by atoms with Gasteiger partial charge < -0.3 is 15.2 Å². The number of nitriles is 1. The minimum Gasteiger partial charge on any atom is -0.480 e. The van der Waals surface area contributed by atoms with E-state index in [1.54, 1.807) is 0 Å². The molecule has 0 aliphatic heterocycles. The Kier molecular flexibility index (Phi) is 4.91. The van der Waals surface area contributed by atoms with E-state index in [1.807, 2.05) is 6.07 Å². The molecule has 1 aromatic carbocycles. The van der Waals surface area contributed by atoms with Crippen LogP contribution in [-0.2, 0) is 9.53 Å². The quantitative estimate of drug-likeness (QED) is 0.728. The summed E-state index contributed by atoms with van der Waals surface area (Å²) in [5.41, 5.74) is 0.691. The van der Waals surface area contributed by atoms with Gasteiger partial charge in [0.1, 0.15) is 18.5 Å². The number of rotatable bonds is 6. The third-order valence-electron chi connectivity index (χ3n) is 1.89. The fourth-order valence-corrected chi connectivity index (χ4v) is 1.18. The van der Waals surface area contributed by atoms with E-state index in [0.29, 0.717) is 12.2 Å². The summed E-state index contributed by atoms with van der Waals surface area (Å²) in [6.45, 7) is 0.165. The minimum atomic E-state index is -1.04. The van der Waals surface area contributed by atoms with Gasteiger partial charge in [-0.1, -0.05) is 0 Å². The van der Waals surface area contributed by atoms with E-state index in [4.69, 9.17) is 15.1 Å². The third-order valence-corrected chi connectivity index (χ3v) is 1.89. The van der Waals surface area contributed by atoms with Crippen molar-refractivity contribution in [3.63, 3.8) is 0 Å². The van der Waals surface area contributed by atoms with Crippen LogP contribution in [-0.4, -0.2) is 30.8 Å². The standard InChI is InChI=1S/C11H11FN2O3/c12-9-1-2-10(8(5-9)6-13)14-3-4-17-7-11(15)16/h1-2,5,14H,3-4,7H2,(H,15,16). The first kappa shape index (κ1) is 12.9. The molecule has 0 amide bonds. The number of nitrogens with one attached hydrogen (secondary N) is 1. The Bertz CT molecular complexity index is 443. The molecule has 0 aliphatic rings. The van der Waals surface area contributed by atoms with Gasteiger partial charge in [-0.2, -0.15) is 5.26 Å². The minimum absolute atomic E-state index is 0.189. The lowest BCUT2D eigenvalue weighted by molar-refractivity contribution is -0.142. The molecule has 0 aliphatic carbocycles. The summed E-state index contributed by atoms with van der Waals surface area (Å²) in [5.74, 6) is -1.52. The van der Waals surface area contributed by atoms with Gasteiger partial charge in [0.05, 0.1) is 17.9 Å². The lowest BCUT2D eigenvalue weighted by Crippen LogP contribution is -2.14. The van der Waals surface area contributed by atoms with E-state index in [9.17, 15) is 9.18 Å². The SMILES string of the molecule is N#Cc1cc(F)ccc1NCCOCC(=O)O. The highest BCUT2D eigenvalue weighted by Crippen LogP contribution is 2.15. The van der Waals surface area contributed by atoms with Crippen LogP contribution in [0.4, 0.5) is 10.1 Å². The van der Waals surface area contributed by atoms with E-state index in [0.717, 1.165) is 6.07 Å². The monoisotopic (exact) mass is 238 g/mol. The van der Waals surface area contributed by atoms with Gasteiger partial charge in [0, 0.05) is 6.54 Å². The molecular weight excluding hydrogens is 227 g/mol. The van der Waals surface area contributed by atoms with E-state index in [1.165, 1.54) is 12.1 Å². The highest BCUT2D eigenvalue weighted by molar-refractivity contribution is 5.68. The molecule has 0 radical (unpaired) electrons. The summed E-state index contributed by atoms with van der Waals surface area (Å²) in [6, 6.07) is 5.67. The van der Waals surface area contributed by atoms with Gasteiger partial charge in [0.25, 0.3) is 0 Å². The topological polar surface area (TPSA) is 82.3 Å². The highest BCUT2D eigenvalue weighted by atomic mass is 19.1. The van der Waals surface area contributed by atoms with Crippen LogP contribution in [0.2, 0.25) is 0 Å². The fraction of sp³-hybridized carbons (Fsp3) is 0.273. The Morgan fingerprint density at radius 3 is 3.00 bits per heavy atom. The summed E-state index contributed by atoms with van der Waals surface area (Å²) < 4.78 is 17.6. The van der Waals surface area contributed by atoms with Crippen molar-refractivity contribution in [3.05, 3.63) is 29.6 Å². The maximum atomic E-state index is 12.8. The number of benzene rings is 1. The highest BCUT2D eigenvalue weighted by Gasteiger charge is 2.03. The molecule has 0 heterocycles. The van der Waals surface area contributed by atoms with Gasteiger partial charge in [-0.3, -0.25) is 0 Å². The Balaban J connectivity index is 2.42. The van der Waals surface area contributed by atoms with Crippen molar-refractivity contribution >= 4 is 11.7 Å². The molecule has 2 N–H and O–H groups in total. The largest absolute Gasteiger partial charge is 0.480 e. The average molecular weight is 238 g/mol. The number of nitrogens with zero attached hydrogens (tertiary/aromatic N) is 1. The summed E-state index contributed by atoms with van der Waals surface area (Å²) in [6.07, 6.45) is 0. The van der Waals surface area contributed by atoms with Crippen molar-refractivity contribution < 1.29 is 19.0 Å². The van der Waals surface area contributed by atoms with Crippen molar-refractivity contribution in [2.45, 2.75) is 0 Å². The first-order chi connectivity index (χ1) is 8.13. The lowest BCUT2D eigenvalue weighted by atomic mass is 10.2. The summed E-state index contributed by atoms with van der Waals surface area (Å²) in [7, 11) is 0. The van der Waals surface area contributed by atoms with Gasteiger partial charge in [0.15, 0.2) is 0 Å². The zero-order valence-corrected chi connectivity index (χ0v) is 8.94. The zero-order chi connectivity index (χ0) is 12.7. The molecule has 1 aromatic rings. The molecule has 0 spiro atoms. The smallest absolute Gasteiger partial charge is 0.329 e. The molecule has 0 saturated carbocycles. The van der Waals surface area contributed by atoms with E-state index >= 15 is 0 Å². The van der Waals surface area contributed by atoms with Crippen molar-refractivity contribution in [3.8, 4) is 6.07 Å². The van der Waals surface area contributed by atoms with Crippen LogP contribution in [0, 0.1) is 17.1 Å². The van der Waals surface area contributed by atoms with Crippen LogP contribution in [0.15, 0.2) is 18.2 Å². The van der Waals surface area contributed by atoms with E-state index in [2.05, 4.69) is 5.32 Å². The molecule has 0 bridgehead atoms. The molecule has 0 aromatic heterocycles. The van der Waals surface area contributed by atoms with Crippen molar-refractivity contribution in [2.75, 3.05) is 25.1 Å². The number of hydrogen-bond donors (Lipinski definition) is 2. The first-order valence-electron chi connectivity index (χ1n) is 4.86. The van der Waals surface area contributed by atoms with Gasteiger partial charge in [-0.25, -0.2) is 9.18 Å². The third kappa shape index (κ3) is 4.49. The molecule has 0 atom stereocenters. The second-order valence-corrected chi connectivity index (χ2v) is 3.17. The van der Waals surface area contributed by atoms with Crippen LogP contribution < -0.4 is 5.32 Å². The maximum Gasteiger partial charge on any atom is 0.329 e. The molecule has 17 heavy (non-hydrogen) atoms. The second kappa shape index (κ2) is 6.45. The number of halogens is 1. The first-order valence-corrected chi connectivity index (χ1v) is 4.86. The van der Waals surface area contributed by atoms with Gasteiger partial charge in [-0.15, -0.1) is 0 Å². The number of carbonyl (C=O) groups is 1. The molecule has 6 heteroatoms. The summed E-state index contributed by atoms with van der Waals surface area (Å²) >= 11 is 0. The van der Waals surface area contributed by atoms with Crippen molar-refractivity contribution in [2.24, 2.45) is 0 Å². The van der Waals surface area contributed by atoms with Crippen LogP contribution in [0.25, 0.3) is 0 Å². The fourth-order valence-electron chi connectivity index (χ4n) is 1.18. The van der Waals surface area contributed by atoms with E-state index < -0.39 is 11.8 Å². The predicted molar refractivity (Wildman–Crippen MR) is 58.1 cm³/mol. The van der Waals surface area contributed by atoms with Crippen molar-refractivity contribution in [1.82, 2.24) is 0 Å². The lowest BCUT2D eigenvalue weighted by Gasteiger charge is -2.07. The Hall–Kier alpha value is -2.13. The molecule has 0 unspecified atom stereocenters. The molecule has 1 rings (SSSR count). The molecule has 90 valence electrons. The molecule has 5 nitrogen and oxygen atoms in total. The summed E-state index contributed by atoms with van der Waals surface area (Å²) in [4.78, 5) is 10.1. The number of anilines is 1. The van der Waals surface area contributed by atoms with Crippen LogP contribution in [0.3, 0.4) is 0 Å². The number of carboxylic acid groups (broad SMARTS) is 1. The van der Waals surface area contributed by atoms with Gasteiger partial charge >= 0.3 is 5.97 Å². The molecular formula is C11H11FN2O3. The number of carboxylic acids is 1. The number of ether oxygens (including phenoxy) is 1. The van der Waals surface area contributed by atoms with Crippen LogP contribution >= 0.6 is 0 Å². The molecule has 0 fully saturated rings. The summed E-state index contributed by atoms with van der Waals surface area (Å²) in [5, 5.41) is 19.9.